The zero-order valence-corrected chi connectivity index (χ0v) is 13.3. The molecule has 0 aliphatic heterocycles. The predicted octanol–water partition coefficient (Wildman–Crippen LogP) is 2.25. The molecule has 2 unspecified atom stereocenters. The van der Waals surface area contributed by atoms with Crippen LogP contribution in [0.5, 0.6) is 0 Å². The van der Waals surface area contributed by atoms with Crippen molar-refractivity contribution in [1.82, 2.24) is 5.32 Å². The minimum Gasteiger partial charge on any atom is -0.393 e. The number of carbonyl (C=O) groups is 2. The largest absolute Gasteiger partial charge is 0.393 e. The second-order valence-electron chi connectivity index (χ2n) is 5.74. The maximum atomic E-state index is 11.9. The smallest absolute Gasteiger partial charge is 0.313 e. The fraction of sp³-hybridized carbons (Fsp3) is 0.500. The SMILES string of the molecule is Cc1cc(Cl)ccc1NC(=O)C(=O)NCC1CCCCC1O. The highest BCUT2D eigenvalue weighted by Crippen LogP contribution is 2.23. The second kappa shape index (κ2) is 7.61. The monoisotopic (exact) mass is 324 g/mol. The van der Waals surface area contributed by atoms with E-state index in [0.717, 1.165) is 31.2 Å². The Hall–Kier alpha value is -1.59. The van der Waals surface area contributed by atoms with Crippen LogP contribution >= 0.6 is 11.6 Å². The summed E-state index contributed by atoms with van der Waals surface area (Å²) in [5.41, 5.74) is 1.35. The highest BCUT2D eigenvalue weighted by atomic mass is 35.5. The molecule has 1 aliphatic carbocycles. The first-order valence-electron chi connectivity index (χ1n) is 7.51. The van der Waals surface area contributed by atoms with E-state index in [9.17, 15) is 14.7 Å². The lowest BCUT2D eigenvalue weighted by Crippen LogP contribution is -2.41. The van der Waals surface area contributed by atoms with Crippen molar-refractivity contribution in [3.8, 4) is 0 Å². The summed E-state index contributed by atoms with van der Waals surface area (Å²) in [6.45, 7) is 2.13. The van der Waals surface area contributed by atoms with E-state index in [1.165, 1.54) is 0 Å². The molecule has 0 saturated heterocycles. The van der Waals surface area contributed by atoms with E-state index in [2.05, 4.69) is 10.6 Å². The molecule has 6 heteroatoms. The molecular formula is C16H21ClN2O3. The molecule has 2 rings (SSSR count). The molecular weight excluding hydrogens is 304 g/mol. The number of anilines is 1. The third-order valence-corrected chi connectivity index (χ3v) is 4.27. The zero-order chi connectivity index (χ0) is 16.1. The molecule has 2 atom stereocenters. The van der Waals surface area contributed by atoms with Crippen LogP contribution in [0.3, 0.4) is 0 Å². The number of aliphatic hydroxyl groups excluding tert-OH is 1. The average Bonchev–Trinajstić information content (AvgIpc) is 2.49. The van der Waals surface area contributed by atoms with Crippen LogP contribution in [0.4, 0.5) is 5.69 Å². The molecule has 1 fully saturated rings. The Labute approximate surface area is 135 Å². The lowest BCUT2D eigenvalue weighted by Gasteiger charge is -2.27. The number of aliphatic hydroxyl groups is 1. The van der Waals surface area contributed by atoms with Crippen molar-refractivity contribution < 1.29 is 14.7 Å². The van der Waals surface area contributed by atoms with Crippen molar-refractivity contribution >= 4 is 29.1 Å². The molecule has 0 heterocycles. The summed E-state index contributed by atoms with van der Waals surface area (Å²) >= 11 is 5.85. The van der Waals surface area contributed by atoms with Crippen molar-refractivity contribution in [1.29, 1.82) is 0 Å². The lowest BCUT2D eigenvalue weighted by atomic mass is 9.86. The zero-order valence-electron chi connectivity index (χ0n) is 12.6. The van der Waals surface area contributed by atoms with E-state index < -0.39 is 17.9 Å². The highest BCUT2D eigenvalue weighted by Gasteiger charge is 2.24. The van der Waals surface area contributed by atoms with E-state index in [-0.39, 0.29) is 5.92 Å². The van der Waals surface area contributed by atoms with E-state index in [1.807, 2.05) is 0 Å². The van der Waals surface area contributed by atoms with E-state index >= 15 is 0 Å². The Morgan fingerprint density at radius 1 is 1.27 bits per heavy atom. The van der Waals surface area contributed by atoms with Crippen molar-refractivity contribution in [3.63, 3.8) is 0 Å². The first-order chi connectivity index (χ1) is 10.5. The van der Waals surface area contributed by atoms with Crippen LogP contribution in [-0.2, 0) is 9.59 Å². The van der Waals surface area contributed by atoms with Gasteiger partial charge in [-0.05, 0) is 43.5 Å². The number of nitrogens with one attached hydrogen (secondary N) is 2. The normalized spacial score (nSPS) is 21.2. The van der Waals surface area contributed by atoms with Gasteiger partial charge in [0.15, 0.2) is 0 Å². The molecule has 0 bridgehead atoms. The van der Waals surface area contributed by atoms with Gasteiger partial charge in [-0.2, -0.15) is 0 Å². The molecule has 2 amide bonds. The average molecular weight is 325 g/mol. The van der Waals surface area contributed by atoms with Gasteiger partial charge in [0.2, 0.25) is 0 Å². The maximum absolute atomic E-state index is 11.9. The summed E-state index contributed by atoms with van der Waals surface area (Å²) in [7, 11) is 0. The second-order valence-corrected chi connectivity index (χ2v) is 6.17. The topological polar surface area (TPSA) is 78.4 Å². The number of amides is 2. The summed E-state index contributed by atoms with van der Waals surface area (Å²) in [6, 6.07) is 5.03. The number of carbonyl (C=O) groups excluding carboxylic acids is 2. The lowest BCUT2D eigenvalue weighted by molar-refractivity contribution is -0.136. The third kappa shape index (κ3) is 4.45. The Kier molecular flexibility index (Phi) is 5.80. The third-order valence-electron chi connectivity index (χ3n) is 4.04. The van der Waals surface area contributed by atoms with Gasteiger partial charge in [0.25, 0.3) is 0 Å². The van der Waals surface area contributed by atoms with Gasteiger partial charge in [-0.3, -0.25) is 9.59 Å². The molecule has 1 aromatic rings. The van der Waals surface area contributed by atoms with Crippen LogP contribution in [-0.4, -0.2) is 29.6 Å². The van der Waals surface area contributed by atoms with Crippen LogP contribution in [0.2, 0.25) is 5.02 Å². The maximum Gasteiger partial charge on any atom is 0.313 e. The highest BCUT2D eigenvalue weighted by molar-refractivity contribution is 6.39. The van der Waals surface area contributed by atoms with Gasteiger partial charge in [-0.25, -0.2) is 0 Å². The summed E-state index contributed by atoms with van der Waals surface area (Å²) in [5, 5.41) is 15.6. The molecule has 1 aliphatic rings. The molecule has 5 nitrogen and oxygen atoms in total. The van der Waals surface area contributed by atoms with Crippen molar-refractivity contribution in [2.45, 2.75) is 38.7 Å². The predicted molar refractivity (Wildman–Crippen MR) is 85.8 cm³/mol. The van der Waals surface area contributed by atoms with E-state index in [1.54, 1.807) is 25.1 Å². The van der Waals surface area contributed by atoms with Gasteiger partial charge in [0.05, 0.1) is 6.10 Å². The molecule has 22 heavy (non-hydrogen) atoms. The summed E-state index contributed by atoms with van der Waals surface area (Å²) in [5.74, 6) is -1.37. The minimum absolute atomic E-state index is 0.0303. The molecule has 0 aromatic heterocycles. The number of rotatable bonds is 3. The summed E-state index contributed by atoms with van der Waals surface area (Å²) in [6.07, 6.45) is 3.31. The number of benzene rings is 1. The quantitative estimate of drug-likeness (QED) is 0.746. The van der Waals surface area contributed by atoms with Gasteiger partial charge in [-0.15, -0.1) is 0 Å². The molecule has 0 radical (unpaired) electrons. The van der Waals surface area contributed by atoms with Crippen LogP contribution in [0.25, 0.3) is 0 Å². The first-order valence-corrected chi connectivity index (χ1v) is 7.88. The van der Waals surface area contributed by atoms with Crippen molar-refractivity contribution in [2.24, 2.45) is 5.92 Å². The standard InChI is InChI=1S/C16H21ClN2O3/c1-10-8-12(17)6-7-13(10)19-16(22)15(21)18-9-11-4-2-3-5-14(11)20/h6-8,11,14,20H,2-5,9H2,1H3,(H,18,21)(H,19,22). The van der Waals surface area contributed by atoms with Gasteiger partial charge in [-0.1, -0.05) is 24.4 Å². The number of aryl methyl sites for hydroxylation is 1. The Morgan fingerprint density at radius 3 is 2.68 bits per heavy atom. The minimum atomic E-state index is -0.712. The molecule has 1 saturated carbocycles. The Balaban J connectivity index is 1.85. The fourth-order valence-electron chi connectivity index (χ4n) is 2.68. The Bertz CT molecular complexity index is 562. The van der Waals surface area contributed by atoms with Gasteiger partial charge >= 0.3 is 11.8 Å². The Morgan fingerprint density at radius 2 is 2.00 bits per heavy atom. The number of halogens is 1. The molecule has 120 valence electrons. The van der Waals surface area contributed by atoms with Gasteiger partial charge < -0.3 is 15.7 Å². The van der Waals surface area contributed by atoms with Crippen LogP contribution < -0.4 is 10.6 Å². The summed E-state index contributed by atoms with van der Waals surface area (Å²) < 4.78 is 0. The van der Waals surface area contributed by atoms with Gasteiger partial charge in [0.1, 0.15) is 0 Å². The van der Waals surface area contributed by atoms with Gasteiger partial charge in [0, 0.05) is 23.2 Å². The number of hydrogen-bond acceptors (Lipinski definition) is 3. The summed E-state index contributed by atoms with van der Waals surface area (Å²) in [4.78, 5) is 23.7. The van der Waals surface area contributed by atoms with E-state index in [0.29, 0.717) is 17.3 Å². The van der Waals surface area contributed by atoms with Crippen LogP contribution in [0.1, 0.15) is 31.2 Å². The van der Waals surface area contributed by atoms with Crippen molar-refractivity contribution in [2.75, 3.05) is 11.9 Å². The molecule has 3 N–H and O–H groups in total. The fourth-order valence-corrected chi connectivity index (χ4v) is 2.90. The van der Waals surface area contributed by atoms with E-state index in [4.69, 9.17) is 11.6 Å². The number of hydrogen-bond donors (Lipinski definition) is 3. The van der Waals surface area contributed by atoms with Crippen LogP contribution in [0.15, 0.2) is 18.2 Å². The first kappa shape index (κ1) is 16.8. The molecule has 0 spiro atoms. The van der Waals surface area contributed by atoms with Crippen LogP contribution in [0, 0.1) is 12.8 Å². The molecule has 1 aromatic carbocycles. The van der Waals surface area contributed by atoms with Crippen molar-refractivity contribution in [3.05, 3.63) is 28.8 Å².